The van der Waals surface area contributed by atoms with Crippen molar-refractivity contribution in [1.82, 2.24) is 0 Å². The molecule has 5 nitrogen and oxygen atoms in total. The molecule has 1 aromatic rings. The van der Waals surface area contributed by atoms with Crippen LogP contribution < -0.4 is 0 Å². The van der Waals surface area contributed by atoms with Crippen molar-refractivity contribution in [2.45, 2.75) is 31.4 Å². The highest BCUT2D eigenvalue weighted by molar-refractivity contribution is 5.13. The number of hydrogen-bond acceptors (Lipinski definition) is 3. The minimum absolute atomic E-state index is 0.169. The van der Waals surface area contributed by atoms with Crippen molar-refractivity contribution < 1.29 is 13.9 Å². The molecule has 0 radical (unpaired) electrons. The van der Waals surface area contributed by atoms with Gasteiger partial charge >= 0.3 is 0 Å². The zero-order valence-electron chi connectivity index (χ0n) is 10.5. The van der Waals surface area contributed by atoms with E-state index in [2.05, 4.69) is 10.0 Å². The minimum atomic E-state index is -1.09. The molecule has 0 aliphatic carbocycles. The lowest BCUT2D eigenvalue weighted by Crippen LogP contribution is -2.41. The third-order valence-corrected chi connectivity index (χ3v) is 3.04. The van der Waals surface area contributed by atoms with Gasteiger partial charge in [0.1, 0.15) is 12.3 Å². The molecule has 1 aromatic carbocycles. The molecule has 0 aromatic heterocycles. The topological polar surface area (TPSA) is 67.2 Å². The number of hydrogen-bond donors (Lipinski definition) is 0. The van der Waals surface area contributed by atoms with Gasteiger partial charge in [-0.1, -0.05) is 35.4 Å². The van der Waals surface area contributed by atoms with Crippen LogP contribution in [0.5, 0.6) is 0 Å². The van der Waals surface area contributed by atoms with E-state index in [4.69, 9.17) is 15.0 Å². The van der Waals surface area contributed by atoms with E-state index in [1.54, 1.807) is 0 Å². The average Bonchev–Trinajstić information content (AvgIpc) is 2.45. The summed E-state index contributed by atoms with van der Waals surface area (Å²) in [6.07, 6.45) is -1.78. The number of nitrogens with zero attached hydrogens (tertiary/aromatic N) is 3. The first-order chi connectivity index (χ1) is 9.29. The van der Waals surface area contributed by atoms with Gasteiger partial charge in [-0.3, -0.25) is 0 Å². The Kier molecular flexibility index (Phi) is 5.15. The van der Waals surface area contributed by atoms with Crippen LogP contribution in [0.25, 0.3) is 10.4 Å². The Balaban J connectivity index is 1.78. The van der Waals surface area contributed by atoms with Crippen LogP contribution in [0.2, 0.25) is 0 Å². The molecule has 0 unspecified atom stereocenters. The van der Waals surface area contributed by atoms with Gasteiger partial charge in [-0.2, -0.15) is 0 Å². The van der Waals surface area contributed by atoms with Gasteiger partial charge in [0, 0.05) is 11.3 Å². The zero-order chi connectivity index (χ0) is 13.5. The van der Waals surface area contributed by atoms with Crippen molar-refractivity contribution in [2.24, 2.45) is 5.11 Å². The lowest BCUT2D eigenvalue weighted by atomic mass is 10.0. The van der Waals surface area contributed by atoms with E-state index in [0.717, 1.165) is 5.56 Å². The van der Waals surface area contributed by atoms with Crippen LogP contribution in [0.4, 0.5) is 4.39 Å². The summed E-state index contributed by atoms with van der Waals surface area (Å²) in [7, 11) is 0. The maximum Gasteiger partial charge on any atom is 0.131 e. The van der Waals surface area contributed by atoms with Gasteiger partial charge < -0.3 is 9.47 Å². The molecule has 1 heterocycles. The summed E-state index contributed by atoms with van der Waals surface area (Å²) in [6.45, 7) is 0.734. The Morgan fingerprint density at radius 2 is 2.21 bits per heavy atom. The van der Waals surface area contributed by atoms with Gasteiger partial charge in [-0.15, -0.1) is 0 Å². The third kappa shape index (κ3) is 4.21. The molecule has 6 heteroatoms. The summed E-state index contributed by atoms with van der Waals surface area (Å²) in [4.78, 5) is 2.64. The number of benzene rings is 1. The summed E-state index contributed by atoms with van der Waals surface area (Å²) in [5.41, 5.74) is 9.21. The summed E-state index contributed by atoms with van der Waals surface area (Å²) in [5, 5.41) is 3.40. The molecule has 0 amide bonds. The first-order valence-electron chi connectivity index (χ1n) is 6.21. The molecule has 3 atom stereocenters. The van der Waals surface area contributed by atoms with E-state index in [1.807, 2.05) is 30.3 Å². The number of rotatable bonds is 5. The minimum Gasteiger partial charge on any atom is -0.375 e. The molecule has 19 heavy (non-hydrogen) atoms. The van der Waals surface area contributed by atoms with Gasteiger partial charge in [0.05, 0.1) is 25.9 Å². The van der Waals surface area contributed by atoms with Crippen LogP contribution in [0.1, 0.15) is 12.0 Å². The van der Waals surface area contributed by atoms with Gasteiger partial charge in [0.2, 0.25) is 0 Å². The molecule has 0 saturated carbocycles. The van der Waals surface area contributed by atoms with Crippen molar-refractivity contribution in [3.05, 3.63) is 46.3 Å². The number of halogens is 1. The molecule has 1 aliphatic heterocycles. The summed E-state index contributed by atoms with van der Waals surface area (Å²) >= 11 is 0. The Morgan fingerprint density at radius 3 is 2.89 bits per heavy atom. The second-order valence-electron chi connectivity index (χ2n) is 4.46. The normalized spacial score (nSPS) is 26.7. The predicted molar refractivity (Wildman–Crippen MR) is 68.3 cm³/mol. The molecule has 1 aliphatic rings. The van der Waals surface area contributed by atoms with Crippen LogP contribution >= 0.6 is 0 Å². The number of azide groups is 1. The number of ether oxygens (including phenoxy) is 2. The predicted octanol–water partition coefficient (Wildman–Crippen LogP) is 3.01. The third-order valence-electron chi connectivity index (χ3n) is 3.04. The van der Waals surface area contributed by atoms with Gasteiger partial charge in [-0.05, 0) is 11.1 Å². The largest absolute Gasteiger partial charge is 0.375 e. The Hall–Kier alpha value is -1.62. The van der Waals surface area contributed by atoms with Crippen molar-refractivity contribution in [3.8, 4) is 0 Å². The molecule has 0 bridgehead atoms. The molecule has 0 spiro atoms. The van der Waals surface area contributed by atoms with Crippen molar-refractivity contribution in [2.75, 3.05) is 13.2 Å². The lowest BCUT2D eigenvalue weighted by Gasteiger charge is -2.31. The first kappa shape index (κ1) is 13.8. The first-order valence-corrected chi connectivity index (χ1v) is 6.21. The summed E-state index contributed by atoms with van der Waals surface area (Å²) in [5.74, 6) is 0. The van der Waals surface area contributed by atoms with E-state index >= 15 is 0 Å². The standard InChI is InChI=1S/C13H16FN3O2/c14-12-6-11(7-16-17-15)18-9-13(12)19-8-10-4-2-1-3-5-10/h1-5,11-13H,6-9H2/t11-,12-,13-/m0/s1. The van der Waals surface area contributed by atoms with E-state index in [9.17, 15) is 4.39 Å². The Morgan fingerprint density at radius 1 is 1.42 bits per heavy atom. The fraction of sp³-hybridized carbons (Fsp3) is 0.538. The smallest absolute Gasteiger partial charge is 0.131 e. The average molecular weight is 265 g/mol. The lowest BCUT2D eigenvalue weighted by molar-refractivity contribution is -0.125. The van der Waals surface area contributed by atoms with E-state index in [0.29, 0.717) is 6.61 Å². The molecular formula is C13H16FN3O2. The van der Waals surface area contributed by atoms with Crippen molar-refractivity contribution in [1.29, 1.82) is 0 Å². The van der Waals surface area contributed by atoms with Crippen molar-refractivity contribution in [3.63, 3.8) is 0 Å². The van der Waals surface area contributed by atoms with Crippen LogP contribution in [0, 0.1) is 0 Å². The summed E-state index contributed by atoms with van der Waals surface area (Å²) in [6, 6.07) is 9.62. The zero-order valence-corrected chi connectivity index (χ0v) is 10.5. The van der Waals surface area contributed by atoms with Gasteiger partial charge in [0.25, 0.3) is 0 Å². The van der Waals surface area contributed by atoms with Crippen LogP contribution in [-0.2, 0) is 16.1 Å². The van der Waals surface area contributed by atoms with Crippen LogP contribution in [0.3, 0.4) is 0 Å². The fourth-order valence-corrected chi connectivity index (χ4v) is 1.99. The van der Waals surface area contributed by atoms with Crippen LogP contribution in [-0.4, -0.2) is 31.5 Å². The molecule has 2 rings (SSSR count). The molecule has 1 saturated heterocycles. The van der Waals surface area contributed by atoms with E-state index in [1.165, 1.54) is 0 Å². The molecule has 102 valence electrons. The Bertz CT molecular complexity index is 437. The van der Waals surface area contributed by atoms with E-state index < -0.39 is 12.3 Å². The van der Waals surface area contributed by atoms with Gasteiger partial charge in [-0.25, -0.2) is 4.39 Å². The highest BCUT2D eigenvalue weighted by Crippen LogP contribution is 2.21. The molecule has 0 N–H and O–H groups in total. The number of alkyl halides is 1. The van der Waals surface area contributed by atoms with Crippen LogP contribution in [0.15, 0.2) is 35.4 Å². The SMILES string of the molecule is [N-]=[N+]=NC[C@@H]1C[C@H](F)[C@@H](OCc2ccccc2)CO1. The monoisotopic (exact) mass is 265 g/mol. The fourth-order valence-electron chi connectivity index (χ4n) is 1.99. The highest BCUT2D eigenvalue weighted by Gasteiger charge is 2.31. The van der Waals surface area contributed by atoms with E-state index in [-0.39, 0.29) is 25.7 Å². The van der Waals surface area contributed by atoms with Crippen molar-refractivity contribution >= 4 is 0 Å². The molecular weight excluding hydrogens is 249 g/mol. The van der Waals surface area contributed by atoms with Gasteiger partial charge in [0.15, 0.2) is 0 Å². The maximum absolute atomic E-state index is 13.9. The molecule has 1 fully saturated rings. The maximum atomic E-state index is 13.9. The summed E-state index contributed by atoms with van der Waals surface area (Å²) < 4.78 is 24.8. The second kappa shape index (κ2) is 7.09. The quantitative estimate of drug-likeness (QED) is 0.466. The highest BCUT2D eigenvalue weighted by atomic mass is 19.1. The Labute approximate surface area is 111 Å². The second-order valence-corrected chi connectivity index (χ2v) is 4.46.